The van der Waals surface area contributed by atoms with E-state index in [-0.39, 0.29) is 34.2 Å². The molecule has 0 aliphatic heterocycles. The van der Waals surface area contributed by atoms with Crippen molar-refractivity contribution in [3.63, 3.8) is 0 Å². The number of hydrogen-bond acceptors (Lipinski definition) is 8. The van der Waals surface area contributed by atoms with Crippen LogP contribution in [-0.4, -0.2) is 30.7 Å². The maximum Gasteiger partial charge on any atom is 0.263 e. The third-order valence-corrected chi connectivity index (χ3v) is 5.68. The summed E-state index contributed by atoms with van der Waals surface area (Å²) in [7, 11) is 0. The molecule has 0 unspecified atom stereocenters. The number of aliphatic hydroxyl groups is 1. The van der Waals surface area contributed by atoms with Crippen LogP contribution < -0.4 is 22.3 Å². The quantitative estimate of drug-likeness (QED) is 0.488. The highest BCUT2D eigenvalue weighted by Crippen LogP contribution is 2.35. The number of nitrogens with two attached hydrogens (primary N) is 2. The Bertz CT molecular complexity index is 1160. The van der Waals surface area contributed by atoms with Crippen molar-refractivity contribution in [2.24, 2.45) is 0 Å². The Morgan fingerprint density at radius 2 is 1.97 bits per heavy atom. The molecular formula is C18H19Cl2N7O2. The van der Waals surface area contributed by atoms with E-state index in [4.69, 9.17) is 34.7 Å². The molecule has 3 aromatic rings. The lowest BCUT2D eigenvalue weighted by Crippen LogP contribution is -2.40. The fraction of sp³-hybridized carbons (Fsp3) is 0.333. The van der Waals surface area contributed by atoms with E-state index in [1.807, 2.05) is 6.92 Å². The minimum Gasteiger partial charge on any atom is -0.393 e. The van der Waals surface area contributed by atoms with E-state index in [1.54, 1.807) is 22.8 Å². The van der Waals surface area contributed by atoms with E-state index >= 15 is 0 Å². The highest BCUT2D eigenvalue weighted by molar-refractivity contribution is 6.35. The van der Waals surface area contributed by atoms with Crippen molar-refractivity contribution in [2.45, 2.75) is 38.0 Å². The fourth-order valence-electron chi connectivity index (χ4n) is 3.50. The molecule has 2 aromatic heterocycles. The molecule has 1 aliphatic carbocycles. The summed E-state index contributed by atoms with van der Waals surface area (Å²) in [6, 6.07) is 4.46. The van der Waals surface area contributed by atoms with Gasteiger partial charge in [0.25, 0.3) is 5.56 Å². The van der Waals surface area contributed by atoms with Crippen molar-refractivity contribution in [3.8, 4) is 0 Å². The molecule has 6 N–H and O–H groups in total. The van der Waals surface area contributed by atoms with Crippen LogP contribution >= 0.6 is 23.2 Å². The van der Waals surface area contributed by atoms with Gasteiger partial charge in [0.1, 0.15) is 16.7 Å². The number of nitrogens with one attached hydrogen (secondary N) is 1. The molecule has 0 amide bonds. The van der Waals surface area contributed by atoms with Gasteiger partial charge in [-0.2, -0.15) is 9.97 Å². The van der Waals surface area contributed by atoms with Crippen molar-refractivity contribution >= 4 is 51.7 Å². The SMILES string of the molecule is C[C@H](Nc1nc(N)nc(N)c1Cl)c1nc2cccc(Cl)c2c(=O)n1C1CC(O)C1. The zero-order valence-corrected chi connectivity index (χ0v) is 16.9. The summed E-state index contributed by atoms with van der Waals surface area (Å²) < 4.78 is 1.58. The molecule has 0 spiro atoms. The Morgan fingerprint density at radius 1 is 1.24 bits per heavy atom. The van der Waals surface area contributed by atoms with E-state index in [0.29, 0.717) is 34.6 Å². The molecule has 1 fully saturated rings. The third-order valence-electron chi connectivity index (χ3n) is 4.99. The van der Waals surface area contributed by atoms with Crippen LogP contribution in [0.15, 0.2) is 23.0 Å². The van der Waals surface area contributed by atoms with Gasteiger partial charge in [0, 0.05) is 6.04 Å². The molecule has 2 heterocycles. The number of nitrogen functional groups attached to an aromatic ring is 2. The first-order valence-electron chi connectivity index (χ1n) is 9.00. The predicted octanol–water partition coefficient (Wildman–Crippen LogP) is 2.53. The normalized spacial score (nSPS) is 19.7. The van der Waals surface area contributed by atoms with E-state index in [9.17, 15) is 9.90 Å². The second-order valence-electron chi connectivity index (χ2n) is 7.05. The Labute approximate surface area is 175 Å². The van der Waals surface area contributed by atoms with Crippen LogP contribution in [0.25, 0.3) is 10.9 Å². The second-order valence-corrected chi connectivity index (χ2v) is 7.84. The lowest BCUT2D eigenvalue weighted by molar-refractivity contribution is 0.0454. The van der Waals surface area contributed by atoms with Crippen LogP contribution in [0.4, 0.5) is 17.6 Å². The summed E-state index contributed by atoms with van der Waals surface area (Å²) in [5, 5.41) is 13.7. The second kappa shape index (κ2) is 7.33. The highest BCUT2D eigenvalue weighted by Gasteiger charge is 2.33. The first kappa shape index (κ1) is 19.7. The average Bonchev–Trinajstić information content (AvgIpc) is 2.63. The highest BCUT2D eigenvalue weighted by atomic mass is 35.5. The number of nitrogens with zero attached hydrogens (tertiary/aromatic N) is 4. The summed E-state index contributed by atoms with van der Waals surface area (Å²) in [5.74, 6) is 0.726. The minimum absolute atomic E-state index is 0.0284. The Kier molecular flexibility index (Phi) is 4.97. The molecule has 152 valence electrons. The van der Waals surface area contributed by atoms with Crippen molar-refractivity contribution in [3.05, 3.63) is 44.4 Å². The van der Waals surface area contributed by atoms with E-state index < -0.39 is 12.1 Å². The van der Waals surface area contributed by atoms with Gasteiger partial charge in [-0.15, -0.1) is 0 Å². The molecule has 11 heteroatoms. The maximum atomic E-state index is 13.3. The van der Waals surface area contributed by atoms with Crippen LogP contribution in [-0.2, 0) is 0 Å². The zero-order chi connectivity index (χ0) is 20.9. The molecule has 29 heavy (non-hydrogen) atoms. The minimum atomic E-state index is -0.477. The number of fused-ring (bicyclic) bond motifs is 1. The van der Waals surface area contributed by atoms with Crippen molar-refractivity contribution < 1.29 is 5.11 Å². The summed E-state index contributed by atoms with van der Waals surface area (Å²) in [5.41, 5.74) is 11.7. The van der Waals surface area contributed by atoms with Crippen molar-refractivity contribution in [2.75, 3.05) is 16.8 Å². The number of benzene rings is 1. The van der Waals surface area contributed by atoms with Crippen LogP contribution in [0, 0.1) is 0 Å². The molecule has 0 saturated heterocycles. The monoisotopic (exact) mass is 435 g/mol. The van der Waals surface area contributed by atoms with Crippen LogP contribution in [0.3, 0.4) is 0 Å². The fourth-order valence-corrected chi connectivity index (χ4v) is 3.88. The molecule has 0 radical (unpaired) electrons. The zero-order valence-electron chi connectivity index (χ0n) is 15.4. The van der Waals surface area contributed by atoms with E-state index in [2.05, 4.69) is 20.3 Å². The molecule has 0 bridgehead atoms. The topological polar surface area (TPSA) is 145 Å². The van der Waals surface area contributed by atoms with Gasteiger partial charge in [0.2, 0.25) is 5.95 Å². The number of aliphatic hydroxyl groups excluding tert-OH is 1. The average molecular weight is 436 g/mol. The molecular weight excluding hydrogens is 417 g/mol. The lowest BCUT2D eigenvalue weighted by Gasteiger charge is -2.35. The Balaban J connectivity index is 1.84. The smallest absolute Gasteiger partial charge is 0.263 e. The Hall–Kier alpha value is -2.62. The summed E-state index contributed by atoms with van der Waals surface area (Å²) in [6.07, 6.45) is 0.484. The standard InChI is InChI=1S/C18H19Cl2N7O2/c1-7(23-15-13(20)14(21)25-18(22)26-15)16-24-11-4-2-3-10(19)12(11)17(29)27(16)8-5-9(28)6-8/h2-4,7-9,28H,5-6H2,1H3,(H5,21,22,23,25,26)/t7-,8?,9?/m0/s1. The summed E-state index contributed by atoms with van der Waals surface area (Å²) in [4.78, 5) is 25.9. The number of hydrogen-bond donors (Lipinski definition) is 4. The van der Waals surface area contributed by atoms with Gasteiger partial charge in [-0.05, 0) is 31.9 Å². The first-order chi connectivity index (χ1) is 13.8. The van der Waals surface area contributed by atoms with Gasteiger partial charge in [-0.1, -0.05) is 29.3 Å². The maximum absolute atomic E-state index is 13.3. The first-order valence-corrected chi connectivity index (χ1v) is 9.75. The molecule has 1 saturated carbocycles. The van der Waals surface area contributed by atoms with Crippen molar-refractivity contribution in [1.82, 2.24) is 19.5 Å². The summed E-state index contributed by atoms with van der Waals surface area (Å²) in [6.45, 7) is 1.81. The Morgan fingerprint density at radius 3 is 2.66 bits per heavy atom. The molecule has 1 aromatic carbocycles. The van der Waals surface area contributed by atoms with Crippen LogP contribution in [0.2, 0.25) is 10.0 Å². The molecule has 4 rings (SSSR count). The predicted molar refractivity (Wildman–Crippen MR) is 113 cm³/mol. The lowest BCUT2D eigenvalue weighted by atomic mass is 9.89. The van der Waals surface area contributed by atoms with E-state index in [0.717, 1.165) is 0 Å². The van der Waals surface area contributed by atoms with Gasteiger partial charge in [-0.3, -0.25) is 9.36 Å². The number of halogens is 2. The van der Waals surface area contributed by atoms with Gasteiger partial charge >= 0.3 is 0 Å². The summed E-state index contributed by atoms with van der Waals surface area (Å²) >= 11 is 12.5. The molecule has 1 aliphatic rings. The number of rotatable bonds is 4. The van der Waals surface area contributed by atoms with Crippen molar-refractivity contribution in [1.29, 1.82) is 0 Å². The molecule has 9 nitrogen and oxygen atoms in total. The van der Waals surface area contributed by atoms with Gasteiger partial charge in [0.15, 0.2) is 5.82 Å². The third kappa shape index (κ3) is 3.45. The number of aromatic nitrogens is 4. The molecule has 1 atom stereocenters. The number of anilines is 3. The largest absolute Gasteiger partial charge is 0.393 e. The van der Waals surface area contributed by atoms with Crippen LogP contribution in [0.1, 0.15) is 37.7 Å². The van der Waals surface area contributed by atoms with Crippen LogP contribution in [0.5, 0.6) is 0 Å². The van der Waals surface area contributed by atoms with Gasteiger partial charge in [-0.25, -0.2) is 4.98 Å². The van der Waals surface area contributed by atoms with E-state index in [1.165, 1.54) is 0 Å². The van der Waals surface area contributed by atoms with Gasteiger partial charge < -0.3 is 21.9 Å². The van der Waals surface area contributed by atoms with Gasteiger partial charge in [0.05, 0.1) is 28.1 Å².